The number of carbonyl (C=O) groups excluding carboxylic acids is 1. The molecule has 1 rings (SSSR count). The Kier molecular flexibility index (Phi) is 4.34. The monoisotopic (exact) mass is 245 g/mol. The Bertz CT molecular complexity index is 306. The number of aliphatic carboxylic acids is 1. The summed E-state index contributed by atoms with van der Waals surface area (Å²) in [5.41, 5.74) is -0.891. The van der Waals surface area contributed by atoms with Crippen molar-refractivity contribution in [3.05, 3.63) is 0 Å². The van der Waals surface area contributed by atoms with Gasteiger partial charge in [0.25, 0.3) is 0 Å². The van der Waals surface area contributed by atoms with Gasteiger partial charge in [0.1, 0.15) is 0 Å². The van der Waals surface area contributed by atoms with Gasteiger partial charge in [-0.05, 0) is 33.1 Å². The van der Waals surface area contributed by atoms with Gasteiger partial charge in [-0.3, -0.25) is 0 Å². The maximum absolute atomic E-state index is 11.2. The molecule has 6 nitrogen and oxygen atoms in total. The zero-order valence-electron chi connectivity index (χ0n) is 10.4. The van der Waals surface area contributed by atoms with Gasteiger partial charge in [0.2, 0.25) is 0 Å². The minimum absolute atomic E-state index is 0.00459. The number of carboxylic acid groups (broad SMARTS) is 1. The van der Waals surface area contributed by atoms with Crippen molar-refractivity contribution >= 4 is 12.1 Å². The molecule has 0 radical (unpaired) electrons. The molecule has 0 spiro atoms. The fourth-order valence-corrected chi connectivity index (χ4v) is 2.18. The summed E-state index contributed by atoms with van der Waals surface area (Å²) in [4.78, 5) is 22.4. The summed E-state index contributed by atoms with van der Waals surface area (Å²) in [7, 11) is 1.20. The predicted molar refractivity (Wildman–Crippen MR) is 59.8 cm³/mol. The first kappa shape index (κ1) is 13.8. The largest absolute Gasteiger partial charge is 0.480 e. The van der Waals surface area contributed by atoms with E-state index < -0.39 is 23.7 Å². The molecule has 0 aromatic heterocycles. The second-order valence-electron chi connectivity index (χ2n) is 4.54. The Morgan fingerprint density at radius 3 is 2.71 bits per heavy atom. The standard InChI is InChI=1S/C11H19NO5/c1-7-5-4-6-11(2,17-7)8(9(13)14)12-10(15)16-3/h7-8H,4-6H2,1-3H3,(H,12,15)(H,13,14)/t7-,8+,11-/m1/s1. The number of nitrogens with one attached hydrogen (secondary N) is 1. The van der Waals surface area contributed by atoms with Gasteiger partial charge < -0.3 is 19.9 Å². The number of alkyl carbamates (subject to hydrolysis) is 1. The van der Waals surface area contributed by atoms with Crippen LogP contribution in [0.15, 0.2) is 0 Å². The molecule has 98 valence electrons. The van der Waals surface area contributed by atoms with E-state index in [1.807, 2.05) is 6.92 Å². The summed E-state index contributed by atoms with van der Waals surface area (Å²) < 4.78 is 10.1. The molecule has 0 aliphatic carbocycles. The van der Waals surface area contributed by atoms with E-state index in [1.165, 1.54) is 7.11 Å². The Morgan fingerprint density at radius 2 is 2.24 bits per heavy atom. The third-order valence-corrected chi connectivity index (χ3v) is 3.06. The predicted octanol–water partition coefficient (Wildman–Crippen LogP) is 1.14. The van der Waals surface area contributed by atoms with Crippen LogP contribution in [0.5, 0.6) is 0 Å². The Labute approximate surface area is 100 Å². The molecule has 1 amide bonds. The van der Waals surface area contributed by atoms with Gasteiger partial charge in [-0.1, -0.05) is 0 Å². The van der Waals surface area contributed by atoms with Crippen LogP contribution in [0.4, 0.5) is 4.79 Å². The highest BCUT2D eigenvalue weighted by atomic mass is 16.5. The van der Waals surface area contributed by atoms with Crippen molar-refractivity contribution in [2.75, 3.05) is 7.11 Å². The fraction of sp³-hybridized carbons (Fsp3) is 0.818. The average Bonchev–Trinajstić information content (AvgIpc) is 2.24. The van der Waals surface area contributed by atoms with Crippen molar-refractivity contribution in [1.29, 1.82) is 0 Å². The molecule has 0 aromatic carbocycles. The summed E-state index contributed by atoms with van der Waals surface area (Å²) in [6.07, 6.45) is 1.61. The molecule has 2 N–H and O–H groups in total. The molecule has 1 aliphatic rings. The lowest BCUT2D eigenvalue weighted by atomic mass is 9.86. The minimum Gasteiger partial charge on any atom is -0.480 e. The molecular formula is C11H19NO5. The van der Waals surface area contributed by atoms with E-state index in [0.717, 1.165) is 12.8 Å². The van der Waals surface area contributed by atoms with Crippen LogP contribution in [-0.2, 0) is 14.3 Å². The van der Waals surface area contributed by atoms with Crippen LogP contribution in [0.3, 0.4) is 0 Å². The highest BCUT2D eigenvalue weighted by Crippen LogP contribution is 2.31. The lowest BCUT2D eigenvalue weighted by molar-refractivity contribution is -0.162. The van der Waals surface area contributed by atoms with E-state index in [-0.39, 0.29) is 6.10 Å². The Hall–Kier alpha value is -1.30. The average molecular weight is 245 g/mol. The summed E-state index contributed by atoms with van der Waals surface area (Å²) >= 11 is 0. The van der Waals surface area contributed by atoms with E-state index in [1.54, 1.807) is 6.92 Å². The number of amides is 1. The molecule has 1 heterocycles. The molecule has 0 unspecified atom stereocenters. The van der Waals surface area contributed by atoms with Gasteiger partial charge in [-0.15, -0.1) is 0 Å². The summed E-state index contributed by atoms with van der Waals surface area (Å²) in [5, 5.41) is 11.5. The molecule has 3 atom stereocenters. The first-order valence-electron chi connectivity index (χ1n) is 5.64. The van der Waals surface area contributed by atoms with Crippen LogP contribution in [0.1, 0.15) is 33.1 Å². The molecule has 1 fully saturated rings. The van der Waals surface area contributed by atoms with Crippen molar-refractivity contribution in [2.24, 2.45) is 0 Å². The van der Waals surface area contributed by atoms with E-state index in [0.29, 0.717) is 6.42 Å². The van der Waals surface area contributed by atoms with Crippen LogP contribution in [0, 0.1) is 0 Å². The van der Waals surface area contributed by atoms with E-state index in [9.17, 15) is 14.7 Å². The lowest BCUT2D eigenvalue weighted by Crippen LogP contribution is -2.58. The van der Waals surface area contributed by atoms with Crippen LogP contribution in [0.25, 0.3) is 0 Å². The Morgan fingerprint density at radius 1 is 1.59 bits per heavy atom. The first-order chi connectivity index (χ1) is 7.89. The smallest absolute Gasteiger partial charge is 0.407 e. The van der Waals surface area contributed by atoms with E-state index in [2.05, 4.69) is 10.1 Å². The number of rotatable bonds is 3. The second-order valence-corrected chi connectivity index (χ2v) is 4.54. The highest BCUT2D eigenvalue weighted by Gasteiger charge is 2.44. The molecule has 17 heavy (non-hydrogen) atoms. The van der Waals surface area contributed by atoms with Gasteiger partial charge in [0.05, 0.1) is 18.8 Å². The molecule has 0 saturated carbocycles. The number of carbonyl (C=O) groups is 2. The van der Waals surface area contributed by atoms with Crippen molar-refractivity contribution in [2.45, 2.75) is 50.9 Å². The summed E-state index contributed by atoms with van der Waals surface area (Å²) in [6, 6.07) is -1.10. The quantitative estimate of drug-likeness (QED) is 0.779. The number of hydrogen-bond donors (Lipinski definition) is 2. The topological polar surface area (TPSA) is 84.9 Å². The maximum Gasteiger partial charge on any atom is 0.407 e. The number of hydrogen-bond acceptors (Lipinski definition) is 4. The molecule has 0 bridgehead atoms. The zero-order valence-corrected chi connectivity index (χ0v) is 10.4. The highest BCUT2D eigenvalue weighted by molar-refractivity contribution is 5.81. The van der Waals surface area contributed by atoms with Crippen LogP contribution in [-0.4, -0.2) is 42.0 Å². The van der Waals surface area contributed by atoms with Gasteiger partial charge in [0, 0.05) is 0 Å². The second kappa shape index (κ2) is 5.35. The molecule has 0 aromatic rings. The first-order valence-corrected chi connectivity index (χ1v) is 5.64. The van der Waals surface area contributed by atoms with Crippen LogP contribution >= 0.6 is 0 Å². The third kappa shape index (κ3) is 3.33. The van der Waals surface area contributed by atoms with Gasteiger partial charge >= 0.3 is 12.1 Å². The van der Waals surface area contributed by atoms with Crippen LogP contribution < -0.4 is 5.32 Å². The molecule has 1 saturated heterocycles. The summed E-state index contributed by atoms with van der Waals surface area (Å²) in [6.45, 7) is 3.60. The maximum atomic E-state index is 11.2. The van der Waals surface area contributed by atoms with Crippen molar-refractivity contribution in [1.82, 2.24) is 5.32 Å². The third-order valence-electron chi connectivity index (χ3n) is 3.06. The van der Waals surface area contributed by atoms with Gasteiger partial charge in [-0.2, -0.15) is 0 Å². The van der Waals surface area contributed by atoms with E-state index >= 15 is 0 Å². The van der Waals surface area contributed by atoms with Gasteiger partial charge in [-0.25, -0.2) is 9.59 Å². The number of methoxy groups -OCH3 is 1. The minimum atomic E-state index is -1.12. The molecule has 1 aliphatic heterocycles. The van der Waals surface area contributed by atoms with Crippen molar-refractivity contribution in [3.63, 3.8) is 0 Å². The zero-order chi connectivity index (χ0) is 13.1. The normalized spacial score (nSPS) is 30.4. The van der Waals surface area contributed by atoms with Crippen molar-refractivity contribution in [3.8, 4) is 0 Å². The lowest BCUT2D eigenvalue weighted by Gasteiger charge is -2.41. The van der Waals surface area contributed by atoms with Gasteiger partial charge in [0.15, 0.2) is 6.04 Å². The van der Waals surface area contributed by atoms with Crippen molar-refractivity contribution < 1.29 is 24.2 Å². The number of ether oxygens (including phenoxy) is 2. The van der Waals surface area contributed by atoms with Crippen LogP contribution in [0.2, 0.25) is 0 Å². The molecule has 6 heteroatoms. The summed E-state index contributed by atoms with van der Waals surface area (Å²) in [5.74, 6) is -1.12. The van der Waals surface area contributed by atoms with E-state index in [4.69, 9.17) is 4.74 Å². The SMILES string of the molecule is COC(=O)N[C@@H](C(=O)O)[C@@]1(C)CCC[C@@H](C)O1. The number of carboxylic acids is 1. The fourth-order valence-electron chi connectivity index (χ4n) is 2.18. The molecular weight excluding hydrogens is 226 g/mol. The Balaban J connectivity index is 2.81.